The lowest BCUT2D eigenvalue weighted by Gasteiger charge is -2.42. The van der Waals surface area contributed by atoms with E-state index in [1.807, 2.05) is 0 Å². The number of benzene rings is 2. The van der Waals surface area contributed by atoms with E-state index >= 15 is 0 Å². The molecule has 2 aromatic carbocycles. The van der Waals surface area contributed by atoms with Crippen molar-refractivity contribution in [3.63, 3.8) is 0 Å². The Hall–Kier alpha value is -3.35. The minimum atomic E-state index is -0.455. The number of hydrogen-bond acceptors (Lipinski definition) is 3. The summed E-state index contributed by atoms with van der Waals surface area (Å²) in [6, 6.07) is 13.2. The minimum Gasteiger partial charge on any atom is -0.332 e. The Morgan fingerprint density at radius 1 is 0.967 bits per heavy atom. The minimum absolute atomic E-state index is 0.184. The summed E-state index contributed by atoms with van der Waals surface area (Å²) in [5.41, 5.74) is 1.19. The van der Waals surface area contributed by atoms with Gasteiger partial charge in [0.15, 0.2) is 0 Å². The fourth-order valence-electron chi connectivity index (χ4n) is 4.88. The predicted octanol–water partition coefficient (Wildman–Crippen LogP) is 3.51. The van der Waals surface area contributed by atoms with Gasteiger partial charge in [-0.2, -0.15) is 5.10 Å². The number of hydrogen-bond donors (Lipinski definition) is 0. The number of fused-ring (bicyclic) bond motifs is 2. The Balaban J connectivity index is 1.77. The van der Waals surface area contributed by atoms with Crippen LogP contribution in [0.5, 0.6) is 0 Å². The monoisotopic (exact) mass is 407 g/mol. The second kappa shape index (κ2) is 7.16. The summed E-state index contributed by atoms with van der Waals surface area (Å²) in [5, 5.41) is 4.30. The second-order valence-electron chi connectivity index (χ2n) is 7.81. The van der Waals surface area contributed by atoms with E-state index in [0.717, 1.165) is 12.8 Å². The molecule has 0 spiro atoms. The first-order valence-electron chi connectivity index (χ1n) is 9.94. The molecule has 152 valence electrons. The highest BCUT2D eigenvalue weighted by Crippen LogP contribution is 2.44. The predicted molar refractivity (Wildman–Crippen MR) is 106 cm³/mol. The Bertz CT molecular complexity index is 1150. The summed E-state index contributed by atoms with van der Waals surface area (Å²) in [6.45, 7) is 0.585. The highest BCUT2D eigenvalue weighted by molar-refractivity contribution is 5.93. The summed E-state index contributed by atoms with van der Waals surface area (Å²) in [6.07, 6.45) is 2.76. The topological polar surface area (TPSA) is 55.2 Å². The molecule has 5 rings (SSSR count). The van der Waals surface area contributed by atoms with Gasteiger partial charge in [-0.15, -0.1) is 0 Å². The maximum absolute atomic E-state index is 14.2. The van der Waals surface area contributed by atoms with E-state index < -0.39 is 23.6 Å². The zero-order valence-corrected chi connectivity index (χ0v) is 16.0. The molecule has 0 N–H and O–H groups in total. The lowest BCUT2D eigenvalue weighted by molar-refractivity contribution is 0.0572. The van der Waals surface area contributed by atoms with E-state index in [0.29, 0.717) is 17.7 Å². The van der Waals surface area contributed by atoms with Crippen molar-refractivity contribution in [3.05, 3.63) is 99.5 Å². The molecule has 0 saturated carbocycles. The molecular formula is C23H19F2N3O2. The molecule has 7 heteroatoms. The summed E-state index contributed by atoms with van der Waals surface area (Å²) in [4.78, 5) is 26.7. The number of carbonyl (C=O) groups excluding carboxylic acids is 1. The van der Waals surface area contributed by atoms with Gasteiger partial charge in [0.25, 0.3) is 5.91 Å². The zero-order chi connectivity index (χ0) is 20.8. The molecule has 1 fully saturated rings. The van der Waals surface area contributed by atoms with E-state index in [9.17, 15) is 18.4 Å². The Labute approximate surface area is 171 Å². The number of carbonyl (C=O) groups is 1. The SMILES string of the molecule is O=C1c2cc(=O)cnn2[C@@H](C(c2cccc(F)c2)c2cccc(F)c2)[C@H]2CCCN12. The maximum Gasteiger partial charge on any atom is 0.272 e. The fourth-order valence-corrected chi connectivity index (χ4v) is 4.88. The van der Waals surface area contributed by atoms with Crippen molar-refractivity contribution in [2.75, 3.05) is 6.54 Å². The van der Waals surface area contributed by atoms with E-state index in [1.165, 1.54) is 36.5 Å². The lowest BCUT2D eigenvalue weighted by atomic mass is 9.80. The molecular weight excluding hydrogens is 388 g/mol. The lowest BCUT2D eigenvalue weighted by Crippen LogP contribution is -2.50. The van der Waals surface area contributed by atoms with Crippen molar-refractivity contribution in [2.24, 2.45) is 0 Å². The number of halogens is 2. The fraction of sp³-hybridized carbons (Fsp3) is 0.261. The Morgan fingerprint density at radius 2 is 1.63 bits per heavy atom. The maximum atomic E-state index is 14.2. The van der Waals surface area contributed by atoms with Crippen LogP contribution in [0.25, 0.3) is 0 Å². The largest absolute Gasteiger partial charge is 0.332 e. The van der Waals surface area contributed by atoms with Crippen LogP contribution < -0.4 is 5.43 Å². The molecule has 1 saturated heterocycles. The average molecular weight is 407 g/mol. The Morgan fingerprint density at radius 3 is 2.27 bits per heavy atom. The van der Waals surface area contributed by atoms with Gasteiger partial charge < -0.3 is 4.90 Å². The van der Waals surface area contributed by atoms with Gasteiger partial charge in [0.2, 0.25) is 5.43 Å². The quantitative estimate of drug-likeness (QED) is 0.668. The molecule has 2 aliphatic heterocycles. The second-order valence-corrected chi connectivity index (χ2v) is 7.81. The third-order valence-electron chi connectivity index (χ3n) is 6.05. The summed E-state index contributed by atoms with van der Waals surface area (Å²) >= 11 is 0. The van der Waals surface area contributed by atoms with E-state index in [2.05, 4.69) is 5.10 Å². The van der Waals surface area contributed by atoms with Gasteiger partial charge in [0.05, 0.1) is 18.3 Å². The van der Waals surface area contributed by atoms with Gasteiger partial charge in [0.1, 0.15) is 17.3 Å². The molecule has 0 aliphatic carbocycles. The van der Waals surface area contributed by atoms with Crippen molar-refractivity contribution in [1.29, 1.82) is 0 Å². The zero-order valence-electron chi connectivity index (χ0n) is 16.0. The standard InChI is InChI=1S/C23H19F2N3O2/c24-16-6-1-4-14(10-16)21(15-5-2-7-17(25)11-15)22-19-8-3-9-27(19)23(30)20-12-18(29)13-26-28(20)22/h1-2,4-7,10-13,19,21-22H,3,8-9H2/t19-,22-/m1/s1. The Kier molecular flexibility index (Phi) is 4.46. The molecule has 1 amide bonds. The van der Waals surface area contributed by atoms with Gasteiger partial charge in [-0.3, -0.25) is 14.3 Å². The van der Waals surface area contributed by atoms with Crippen molar-refractivity contribution in [1.82, 2.24) is 14.7 Å². The third kappa shape index (κ3) is 3.01. The van der Waals surface area contributed by atoms with Gasteiger partial charge in [-0.1, -0.05) is 24.3 Å². The van der Waals surface area contributed by atoms with Crippen molar-refractivity contribution < 1.29 is 13.6 Å². The first-order chi connectivity index (χ1) is 14.5. The van der Waals surface area contributed by atoms with Crippen LogP contribution in [0.3, 0.4) is 0 Å². The van der Waals surface area contributed by atoms with Crippen LogP contribution in [0.15, 0.2) is 65.6 Å². The van der Waals surface area contributed by atoms with Gasteiger partial charge in [-0.25, -0.2) is 8.78 Å². The van der Waals surface area contributed by atoms with Gasteiger partial charge in [0, 0.05) is 18.5 Å². The normalized spacial score (nSPS) is 20.4. The van der Waals surface area contributed by atoms with Gasteiger partial charge >= 0.3 is 0 Å². The first kappa shape index (κ1) is 18.7. The summed E-state index contributed by atoms with van der Waals surface area (Å²) in [5.74, 6) is -1.46. The molecule has 0 bridgehead atoms. The average Bonchev–Trinajstić information content (AvgIpc) is 3.21. The highest BCUT2D eigenvalue weighted by atomic mass is 19.1. The van der Waals surface area contributed by atoms with E-state index in [1.54, 1.807) is 33.8 Å². The van der Waals surface area contributed by atoms with Crippen LogP contribution in [-0.2, 0) is 0 Å². The third-order valence-corrected chi connectivity index (χ3v) is 6.05. The molecule has 3 heterocycles. The van der Waals surface area contributed by atoms with Crippen LogP contribution >= 0.6 is 0 Å². The molecule has 0 unspecified atom stereocenters. The number of aromatic nitrogens is 2. The highest BCUT2D eigenvalue weighted by Gasteiger charge is 2.46. The molecule has 30 heavy (non-hydrogen) atoms. The first-order valence-corrected chi connectivity index (χ1v) is 9.94. The van der Waals surface area contributed by atoms with Crippen LogP contribution in [0, 0.1) is 11.6 Å². The van der Waals surface area contributed by atoms with Crippen molar-refractivity contribution in [3.8, 4) is 0 Å². The molecule has 3 aromatic rings. The van der Waals surface area contributed by atoms with Gasteiger partial charge in [-0.05, 0) is 48.2 Å². The van der Waals surface area contributed by atoms with E-state index in [4.69, 9.17) is 0 Å². The smallest absolute Gasteiger partial charge is 0.272 e. The van der Waals surface area contributed by atoms with Crippen molar-refractivity contribution in [2.45, 2.75) is 30.8 Å². The van der Waals surface area contributed by atoms with Crippen molar-refractivity contribution >= 4 is 5.91 Å². The summed E-state index contributed by atoms with van der Waals surface area (Å²) in [7, 11) is 0. The molecule has 1 aromatic heterocycles. The molecule has 2 aliphatic rings. The summed E-state index contributed by atoms with van der Waals surface area (Å²) < 4.78 is 29.9. The molecule has 0 radical (unpaired) electrons. The van der Waals surface area contributed by atoms with Crippen LogP contribution in [0.1, 0.15) is 46.4 Å². The molecule has 5 nitrogen and oxygen atoms in total. The van der Waals surface area contributed by atoms with Crippen LogP contribution in [0.4, 0.5) is 8.78 Å². The number of rotatable bonds is 3. The van der Waals surface area contributed by atoms with E-state index in [-0.39, 0.29) is 23.1 Å². The van der Waals surface area contributed by atoms with Crippen LogP contribution in [0.2, 0.25) is 0 Å². The number of amides is 1. The number of nitrogens with zero attached hydrogens (tertiary/aromatic N) is 3. The molecule has 2 atom stereocenters. The van der Waals surface area contributed by atoms with Crippen LogP contribution in [-0.4, -0.2) is 33.2 Å².